The van der Waals surface area contributed by atoms with Gasteiger partial charge >= 0.3 is 5.97 Å². The molecule has 2 N–H and O–H groups in total. The molecule has 158 valence electrons. The lowest BCUT2D eigenvalue weighted by Crippen LogP contribution is -2.27. The Morgan fingerprint density at radius 3 is 2.68 bits per heavy atom. The molecular formula is C22H19BrN4O4. The van der Waals surface area contributed by atoms with E-state index in [0.717, 1.165) is 16.5 Å². The number of aromatic amines is 1. The summed E-state index contributed by atoms with van der Waals surface area (Å²) in [5, 5.41) is 9.46. The van der Waals surface area contributed by atoms with E-state index in [2.05, 4.69) is 31.4 Å². The number of anilines is 2. The minimum atomic E-state index is -0.686. The van der Waals surface area contributed by atoms with E-state index >= 15 is 0 Å². The van der Waals surface area contributed by atoms with Gasteiger partial charge in [0.25, 0.3) is 5.91 Å². The Morgan fingerprint density at radius 1 is 1.16 bits per heavy atom. The topological polar surface area (TPSA) is 104 Å². The molecule has 0 spiro atoms. The molecule has 1 saturated heterocycles. The molecule has 1 aromatic heterocycles. The minimum Gasteiger partial charge on any atom is -0.451 e. The second kappa shape index (κ2) is 9.13. The number of hydrogen-bond donors (Lipinski definition) is 2. The summed E-state index contributed by atoms with van der Waals surface area (Å²) in [6.45, 7) is 0.148. The third kappa shape index (κ3) is 4.83. The maximum absolute atomic E-state index is 12.3. The van der Waals surface area contributed by atoms with E-state index in [1.54, 1.807) is 35.2 Å². The van der Waals surface area contributed by atoms with Crippen LogP contribution in [0, 0.1) is 0 Å². The summed E-state index contributed by atoms with van der Waals surface area (Å²) in [7, 11) is 0. The van der Waals surface area contributed by atoms with Crippen molar-refractivity contribution in [2.75, 3.05) is 23.4 Å². The Kier molecular flexibility index (Phi) is 6.13. The number of ether oxygens (including phenoxy) is 1. The van der Waals surface area contributed by atoms with Crippen LogP contribution in [0.15, 0.2) is 59.1 Å². The Labute approximate surface area is 186 Å². The number of benzene rings is 2. The Bertz CT molecular complexity index is 1130. The SMILES string of the molecule is O=C(COC(=O)c1cc(-c2ccc(Br)cc2)n[nH]1)Nc1ccccc1N1CCCC1=O. The lowest BCUT2D eigenvalue weighted by atomic mass is 10.1. The van der Waals surface area contributed by atoms with Crippen molar-refractivity contribution in [2.45, 2.75) is 12.8 Å². The van der Waals surface area contributed by atoms with E-state index in [1.165, 1.54) is 0 Å². The molecule has 1 aliphatic heterocycles. The molecule has 4 rings (SSSR count). The Morgan fingerprint density at radius 2 is 1.94 bits per heavy atom. The van der Waals surface area contributed by atoms with E-state index in [-0.39, 0.29) is 11.6 Å². The van der Waals surface area contributed by atoms with E-state index in [4.69, 9.17) is 4.74 Å². The fraction of sp³-hybridized carbons (Fsp3) is 0.182. The van der Waals surface area contributed by atoms with Crippen LogP contribution < -0.4 is 10.2 Å². The average molecular weight is 483 g/mol. The zero-order chi connectivity index (χ0) is 21.8. The predicted octanol–water partition coefficient (Wildman–Crippen LogP) is 3.76. The molecule has 0 radical (unpaired) electrons. The summed E-state index contributed by atoms with van der Waals surface area (Å²) < 4.78 is 6.04. The zero-order valence-electron chi connectivity index (χ0n) is 16.4. The largest absolute Gasteiger partial charge is 0.451 e. The first-order valence-corrected chi connectivity index (χ1v) is 10.5. The van der Waals surface area contributed by atoms with Crippen LogP contribution in [0.3, 0.4) is 0 Å². The number of halogens is 1. The second-order valence-corrected chi connectivity index (χ2v) is 7.88. The van der Waals surface area contributed by atoms with Crippen LogP contribution in [-0.4, -0.2) is 41.1 Å². The molecule has 1 fully saturated rings. The molecule has 8 nitrogen and oxygen atoms in total. The first kappa shape index (κ1) is 20.8. The van der Waals surface area contributed by atoms with Crippen LogP contribution >= 0.6 is 15.9 Å². The van der Waals surface area contributed by atoms with Gasteiger partial charge in [0, 0.05) is 23.0 Å². The van der Waals surface area contributed by atoms with Gasteiger partial charge in [0.2, 0.25) is 5.91 Å². The van der Waals surface area contributed by atoms with E-state index in [1.807, 2.05) is 24.3 Å². The summed E-state index contributed by atoms with van der Waals surface area (Å²) in [4.78, 5) is 38.3. The van der Waals surface area contributed by atoms with Crippen molar-refractivity contribution < 1.29 is 19.1 Å². The number of esters is 1. The van der Waals surface area contributed by atoms with E-state index in [0.29, 0.717) is 30.0 Å². The monoisotopic (exact) mass is 482 g/mol. The molecule has 31 heavy (non-hydrogen) atoms. The molecule has 2 heterocycles. The quantitative estimate of drug-likeness (QED) is 0.520. The summed E-state index contributed by atoms with van der Waals surface area (Å²) >= 11 is 3.37. The third-order valence-electron chi connectivity index (χ3n) is 4.81. The number of aromatic nitrogens is 2. The van der Waals surface area contributed by atoms with Gasteiger partial charge in [0.1, 0.15) is 5.69 Å². The highest BCUT2D eigenvalue weighted by molar-refractivity contribution is 9.10. The van der Waals surface area contributed by atoms with Crippen LogP contribution in [0.1, 0.15) is 23.3 Å². The first-order chi connectivity index (χ1) is 15.0. The Balaban J connectivity index is 1.36. The van der Waals surface area contributed by atoms with Gasteiger partial charge in [0.15, 0.2) is 6.61 Å². The highest BCUT2D eigenvalue weighted by Crippen LogP contribution is 2.29. The number of carbonyl (C=O) groups excluding carboxylic acids is 3. The summed E-state index contributed by atoms with van der Waals surface area (Å²) in [6, 6.07) is 16.1. The minimum absolute atomic E-state index is 0.0222. The van der Waals surface area contributed by atoms with Crippen molar-refractivity contribution in [1.82, 2.24) is 10.2 Å². The number of hydrogen-bond acceptors (Lipinski definition) is 5. The molecule has 0 atom stereocenters. The van der Waals surface area contributed by atoms with Crippen LogP contribution in [0.25, 0.3) is 11.3 Å². The van der Waals surface area contributed by atoms with Gasteiger partial charge in [-0.05, 0) is 36.8 Å². The van der Waals surface area contributed by atoms with Crippen molar-refractivity contribution in [3.05, 3.63) is 64.8 Å². The number of rotatable bonds is 6. The first-order valence-electron chi connectivity index (χ1n) is 9.69. The van der Waals surface area contributed by atoms with Crippen LogP contribution in [0.2, 0.25) is 0 Å². The second-order valence-electron chi connectivity index (χ2n) is 6.96. The smallest absolute Gasteiger partial charge is 0.356 e. The van der Waals surface area contributed by atoms with Crippen molar-refractivity contribution in [3.63, 3.8) is 0 Å². The number of nitrogens with one attached hydrogen (secondary N) is 2. The number of H-pyrrole nitrogens is 1. The number of amides is 2. The summed E-state index contributed by atoms with van der Waals surface area (Å²) in [5.41, 5.74) is 2.71. The fourth-order valence-corrected chi connectivity index (χ4v) is 3.57. The molecule has 9 heteroatoms. The van der Waals surface area contributed by atoms with E-state index < -0.39 is 18.5 Å². The molecule has 0 saturated carbocycles. The highest BCUT2D eigenvalue weighted by Gasteiger charge is 2.24. The maximum atomic E-state index is 12.3. The lowest BCUT2D eigenvalue weighted by molar-refractivity contribution is -0.119. The van der Waals surface area contributed by atoms with Crippen molar-refractivity contribution in [3.8, 4) is 11.3 Å². The van der Waals surface area contributed by atoms with Gasteiger partial charge in [-0.2, -0.15) is 5.10 Å². The van der Waals surface area contributed by atoms with Gasteiger partial charge in [-0.25, -0.2) is 4.79 Å². The van der Waals surface area contributed by atoms with Gasteiger partial charge in [-0.3, -0.25) is 14.7 Å². The molecule has 0 bridgehead atoms. The van der Waals surface area contributed by atoms with Crippen molar-refractivity contribution in [1.29, 1.82) is 0 Å². The molecule has 2 aromatic carbocycles. The van der Waals surface area contributed by atoms with E-state index in [9.17, 15) is 14.4 Å². The molecular weight excluding hydrogens is 464 g/mol. The third-order valence-corrected chi connectivity index (χ3v) is 5.34. The summed E-state index contributed by atoms with van der Waals surface area (Å²) in [5.74, 6) is -1.16. The average Bonchev–Trinajstić information content (AvgIpc) is 3.42. The van der Waals surface area contributed by atoms with Gasteiger partial charge < -0.3 is 15.0 Å². The predicted molar refractivity (Wildman–Crippen MR) is 119 cm³/mol. The fourth-order valence-electron chi connectivity index (χ4n) is 3.31. The molecule has 0 unspecified atom stereocenters. The lowest BCUT2D eigenvalue weighted by Gasteiger charge is -2.19. The van der Waals surface area contributed by atoms with Gasteiger partial charge in [0.05, 0.1) is 17.1 Å². The Hall–Kier alpha value is -3.46. The highest BCUT2D eigenvalue weighted by atomic mass is 79.9. The van der Waals surface area contributed by atoms with Crippen LogP contribution in [0.5, 0.6) is 0 Å². The van der Waals surface area contributed by atoms with Gasteiger partial charge in [-0.1, -0.05) is 40.2 Å². The zero-order valence-corrected chi connectivity index (χ0v) is 18.0. The number of carbonyl (C=O) groups is 3. The molecule has 1 aliphatic rings. The number of para-hydroxylation sites is 2. The van der Waals surface area contributed by atoms with Gasteiger partial charge in [-0.15, -0.1) is 0 Å². The van der Waals surface area contributed by atoms with Crippen molar-refractivity contribution in [2.24, 2.45) is 0 Å². The molecule has 2 amide bonds. The molecule has 3 aromatic rings. The number of nitrogens with zero attached hydrogens (tertiary/aromatic N) is 2. The standard InChI is InChI=1S/C22H19BrN4O4/c23-15-9-7-14(8-10-15)17-12-18(26-25-17)22(30)31-13-20(28)24-16-4-1-2-5-19(16)27-11-3-6-21(27)29/h1-2,4-5,7-10,12H,3,6,11,13H2,(H,24,28)(H,25,26). The normalized spacial score (nSPS) is 13.3. The van der Waals surface area contributed by atoms with Crippen molar-refractivity contribution >= 4 is 45.1 Å². The van der Waals surface area contributed by atoms with Crippen LogP contribution in [0.4, 0.5) is 11.4 Å². The summed E-state index contributed by atoms with van der Waals surface area (Å²) in [6.07, 6.45) is 1.28. The maximum Gasteiger partial charge on any atom is 0.356 e. The van der Waals surface area contributed by atoms with Crippen LogP contribution in [-0.2, 0) is 14.3 Å². The molecule has 0 aliphatic carbocycles.